The summed E-state index contributed by atoms with van der Waals surface area (Å²) in [5, 5.41) is 10.2. The van der Waals surface area contributed by atoms with Crippen molar-refractivity contribution in [1.82, 2.24) is 19.1 Å². The Morgan fingerprint density at radius 1 is 0.300 bits per heavy atom. The second-order valence-corrected chi connectivity index (χ2v) is 15.8. The quantitative estimate of drug-likeness (QED) is 0.158. The maximum absolute atomic E-state index is 5.10. The molecule has 10 aromatic carbocycles. The molecule has 3 aromatic heterocycles. The number of rotatable bonds is 6. The zero-order chi connectivity index (χ0) is 39.3. The van der Waals surface area contributed by atoms with Crippen LogP contribution in [0.1, 0.15) is 0 Å². The lowest BCUT2D eigenvalue weighted by molar-refractivity contribution is 1.17. The molecule has 4 nitrogen and oxygen atoms in total. The van der Waals surface area contributed by atoms with Crippen LogP contribution in [0.25, 0.3) is 122 Å². The average Bonchev–Trinajstić information content (AvgIpc) is 3.85. The predicted molar refractivity (Wildman–Crippen MR) is 250 cm³/mol. The van der Waals surface area contributed by atoms with Crippen LogP contribution in [0.15, 0.2) is 206 Å². The Hall–Kier alpha value is -8.08. The summed E-state index contributed by atoms with van der Waals surface area (Å²) in [6.07, 6.45) is 0. The van der Waals surface area contributed by atoms with Crippen molar-refractivity contribution >= 4 is 65.2 Å². The van der Waals surface area contributed by atoms with Crippen molar-refractivity contribution in [2.75, 3.05) is 0 Å². The lowest BCUT2D eigenvalue weighted by atomic mass is 9.92. The molecule has 3 heterocycles. The van der Waals surface area contributed by atoms with Gasteiger partial charge in [0.25, 0.3) is 0 Å². The minimum atomic E-state index is 0.714. The first-order valence-electron chi connectivity index (χ1n) is 20.5. The van der Waals surface area contributed by atoms with E-state index >= 15 is 0 Å². The van der Waals surface area contributed by atoms with Gasteiger partial charge in [-0.05, 0) is 93.3 Å². The summed E-state index contributed by atoms with van der Waals surface area (Å²) in [4.78, 5) is 10.1. The molecule has 0 aliphatic heterocycles. The van der Waals surface area contributed by atoms with Gasteiger partial charge in [0.1, 0.15) is 0 Å². The van der Waals surface area contributed by atoms with Gasteiger partial charge in [0.15, 0.2) is 5.82 Å². The van der Waals surface area contributed by atoms with Gasteiger partial charge < -0.3 is 9.13 Å². The third-order valence-electron chi connectivity index (χ3n) is 12.4. The van der Waals surface area contributed by atoms with Gasteiger partial charge in [-0.25, -0.2) is 9.97 Å². The summed E-state index contributed by atoms with van der Waals surface area (Å²) in [5.41, 5.74) is 14.5. The van der Waals surface area contributed by atoms with Crippen molar-refractivity contribution in [1.29, 1.82) is 0 Å². The molecule has 0 atom stereocenters. The number of nitrogens with zero attached hydrogens (tertiary/aromatic N) is 4. The summed E-state index contributed by atoms with van der Waals surface area (Å²) in [5.74, 6) is 0.714. The Balaban J connectivity index is 0.978. The summed E-state index contributed by atoms with van der Waals surface area (Å²) < 4.78 is 4.86. The Labute approximate surface area is 345 Å². The van der Waals surface area contributed by atoms with Crippen LogP contribution in [0, 0.1) is 0 Å². The Kier molecular flexibility index (Phi) is 6.98. The molecule has 0 aliphatic rings. The zero-order valence-corrected chi connectivity index (χ0v) is 32.4. The monoisotopic (exact) mass is 762 g/mol. The Morgan fingerprint density at radius 2 is 0.833 bits per heavy atom. The fraction of sp³-hybridized carbons (Fsp3) is 0. The highest BCUT2D eigenvalue weighted by molar-refractivity contribution is 6.28. The van der Waals surface area contributed by atoms with Crippen LogP contribution in [0.5, 0.6) is 0 Å². The lowest BCUT2D eigenvalue weighted by Gasteiger charge is -2.13. The van der Waals surface area contributed by atoms with Crippen molar-refractivity contribution in [3.63, 3.8) is 0 Å². The van der Waals surface area contributed by atoms with Gasteiger partial charge in [-0.3, -0.25) is 0 Å². The fourth-order valence-electron chi connectivity index (χ4n) is 9.77. The number of hydrogen-bond acceptors (Lipinski definition) is 2. The normalized spacial score (nSPS) is 12.0. The first-order valence-corrected chi connectivity index (χ1v) is 20.5. The second kappa shape index (κ2) is 12.7. The van der Waals surface area contributed by atoms with Gasteiger partial charge in [-0.1, -0.05) is 146 Å². The molecule has 4 heteroatoms. The maximum atomic E-state index is 5.10. The minimum Gasteiger partial charge on any atom is -0.309 e. The van der Waals surface area contributed by atoms with E-state index in [9.17, 15) is 0 Å². The standard InChI is InChI=1S/C56H34N4/c1-4-12-35(13-5-1)46-34-47(58-56(57-46)39-14-6-2-7-15-39)36-24-27-43(28-25-36)59-49-21-11-17-38-26-29-45-44(30-31-50(59)55(45)53(38)49)41-32-40-23-22-37-16-10-20-48-52(37)54(40)51(33-41)60(48)42-18-8-3-9-19-42/h1-34H. The van der Waals surface area contributed by atoms with Crippen molar-refractivity contribution < 1.29 is 0 Å². The SMILES string of the molecule is c1ccc(-c2cc(-c3ccc(-n4c5cccc6ccc7c(-c8cc9ccc%10cccc%11c%10c9c(c8)n%11-c8ccccc8)ccc4c7c65)cc3)nc(-c3ccccc3)n2)cc1. The molecule has 0 fully saturated rings. The molecule has 0 spiro atoms. The van der Waals surface area contributed by atoms with E-state index in [1.54, 1.807) is 0 Å². The molecular formula is C56H34N4. The predicted octanol–water partition coefficient (Wildman–Crippen LogP) is 14.5. The van der Waals surface area contributed by atoms with Crippen LogP contribution in [-0.4, -0.2) is 19.1 Å². The third-order valence-corrected chi connectivity index (χ3v) is 12.4. The van der Waals surface area contributed by atoms with E-state index in [0.717, 1.165) is 33.8 Å². The number of para-hydroxylation sites is 1. The summed E-state index contributed by atoms with van der Waals surface area (Å²) >= 11 is 0. The van der Waals surface area contributed by atoms with Gasteiger partial charge in [-0.2, -0.15) is 0 Å². The van der Waals surface area contributed by atoms with Crippen molar-refractivity contribution in [2.24, 2.45) is 0 Å². The van der Waals surface area contributed by atoms with Crippen molar-refractivity contribution in [2.45, 2.75) is 0 Å². The maximum Gasteiger partial charge on any atom is 0.160 e. The lowest BCUT2D eigenvalue weighted by Crippen LogP contribution is -1.97. The molecular weight excluding hydrogens is 729 g/mol. The highest BCUT2D eigenvalue weighted by Gasteiger charge is 2.22. The third kappa shape index (κ3) is 4.85. The summed E-state index contributed by atoms with van der Waals surface area (Å²) in [6.45, 7) is 0. The fourth-order valence-corrected chi connectivity index (χ4v) is 9.77. The number of hydrogen-bond donors (Lipinski definition) is 0. The Morgan fingerprint density at radius 3 is 1.53 bits per heavy atom. The first kappa shape index (κ1) is 32.9. The van der Waals surface area contributed by atoms with Crippen LogP contribution >= 0.6 is 0 Å². The molecule has 0 radical (unpaired) electrons. The molecule has 13 aromatic rings. The number of benzene rings is 10. The average molecular weight is 763 g/mol. The molecule has 0 unspecified atom stereocenters. The molecule has 0 saturated carbocycles. The van der Waals surface area contributed by atoms with Crippen LogP contribution < -0.4 is 0 Å². The van der Waals surface area contributed by atoms with E-state index < -0.39 is 0 Å². The first-order chi connectivity index (χ1) is 29.7. The molecule has 278 valence electrons. The van der Waals surface area contributed by atoms with Crippen molar-refractivity contribution in [3.8, 4) is 56.4 Å². The smallest absolute Gasteiger partial charge is 0.160 e. The van der Waals surface area contributed by atoms with E-state index in [1.165, 1.54) is 82.0 Å². The summed E-state index contributed by atoms with van der Waals surface area (Å²) in [6, 6.07) is 74.3. The minimum absolute atomic E-state index is 0.714. The number of aromatic nitrogens is 4. The highest BCUT2D eigenvalue weighted by Crippen LogP contribution is 2.46. The van der Waals surface area contributed by atoms with Crippen molar-refractivity contribution in [3.05, 3.63) is 206 Å². The van der Waals surface area contributed by atoms with Gasteiger partial charge >= 0.3 is 0 Å². The van der Waals surface area contributed by atoms with Crippen LogP contribution in [-0.2, 0) is 0 Å². The summed E-state index contributed by atoms with van der Waals surface area (Å²) in [7, 11) is 0. The van der Waals surface area contributed by atoms with E-state index in [2.05, 4.69) is 191 Å². The molecule has 0 amide bonds. The largest absolute Gasteiger partial charge is 0.309 e. The van der Waals surface area contributed by atoms with Gasteiger partial charge in [0.05, 0.1) is 33.5 Å². The van der Waals surface area contributed by atoms with Gasteiger partial charge in [0, 0.05) is 49.6 Å². The van der Waals surface area contributed by atoms with Gasteiger partial charge in [-0.15, -0.1) is 0 Å². The van der Waals surface area contributed by atoms with E-state index in [4.69, 9.17) is 9.97 Å². The highest BCUT2D eigenvalue weighted by atomic mass is 15.0. The molecule has 0 bridgehead atoms. The second-order valence-electron chi connectivity index (χ2n) is 15.8. The topological polar surface area (TPSA) is 35.6 Å². The van der Waals surface area contributed by atoms with E-state index in [1.807, 2.05) is 24.3 Å². The van der Waals surface area contributed by atoms with E-state index in [0.29, 0.717) is 5.82 Å². The van der Waals surface area contributed by atoms with Crippen LogP contribution in [0.3, 0.4) is 0 Å². The van der Waals surface area contributed by atoms with Crippen LogP contribution in [0.2, 0.25) is 0 Å². The molecule has 0 N–H and O–H groups in total. The molecule has 60 heavy (non-hydrogen) atoms. The molecule has 13 rings (SSSR count). The molecule has 0 aliphatic carbocycles. The van der Waals surface area contributed by atoms with Crippen LogP contribution in [0.4, 0.5) is 0 Å². The van der Waals surface area contributed by atoms with E-state index in [-0.39, 0.29) is 0 Å². The van der Waals surface area contributed by atoms with Gasteiger partial charge in [0.2, 0.25) is 0 Å². The Bertz CT molecular complexity index is 3670. The molecule has 0 saturated heterocycles. The zero-order valence-electron chi connectivity index (χ0n) is 32.4.